The van der Waals surface area contributed by atoms with E-state index >= 15 is 0 Å². The van der Waals surface area contributed by atoms with Gasteiger partial charge in [-0.25, -0.2) is 9.97 Å². The van der Waals surface area contributed by atoms with Gasteiger partial charge in [-0.2, -0.15) is 0 Å². The summed E-state index contributed by atoms with van der Waals surface area (Å²) >= 11 is 0. The molecule has 0 fully saturated rings. The molecule has 0 radical (unpaired) electrons. The van der Waals surface area contributed by atoms with Crippen LogP contribution in [-0.2, 0) is 0 Å². The largest absolute Gasteiger partial charge is 0.373 e. The van der Waals surface area contributed by atoms with Crippen LogP contribution in [0.1, 0.15) is 11.1 Å². The number of benzene rings is 1. The van der Waals surface area contributed by atoms with Crippen LogP contribution in [0.25, 0.3) is 11.4 Å². The highest BCUT2D eigenvalue weighted by Gasteiger charge is 2.06. The Morgan fingerprint density at radius 2 is 1.81 bits per heavy atom. The van der Waals surface area contributed by atoms with Gasteiger partial charge in [-0.3, -0.25) is 0 Å². The molecular formula is C13H15N3. The maximum absolute atomic E-state index is 4.50. The molecule has 1 N–H and O–H groups in total. The number of aryl methyl sites for hydroxylation is 2. The van der Waals surface area contributed by atoms with Crippen LogP contribution in [0.15, 0.2) is 30.5 Å². The Morgan fingerprint density at radius 3 is 2.50 bits per heavy atom. The molecule has 0 aliphatic carbocycles. The van der Waals surface area contributed by atoms with Crippen molar-refractivity contribution in [1.82, 2.24) is 9.97 Å². The van der Waals surface area contributed by atoms with Crippen molar-refractivity contribution in [3.8, 4) is 11.4 Å². The van der Waals surface area contributed by atoms with Crippen LogP contribution in [0.4, 0.5) is 5.82 Å². The van der Waals surface area contributed by atoms with E-state index in [4.69, 9.17) is 0 Å². The summed E-state index contributed by atoms with van der Waals surface area (Å²) < 4.78 is 0. The van der Waals surface area contributed by atoms with E-state index in [0.29, 0.717) is 0 Å². The van der Waals surface area contributed by atoms with Gasteiger partial charge >= 0.3 is 0 Å². The number of nitrogens with one attached hydrogen (secondary N) is 1. The summed E-state index contributed by atoms with van der Waals surface area (Å²) in [5, 5.41) is 3.07. The molecule has 2 aromatic rings. The molecule has 0 unspecified atom stereocenters. The molecule has 3 heteroatoms. The number of hydrogen-bond donors (Lipinski definition) is 1. The summed E-state index contributed by atoms with van der Waals surface area (Å²) in [6, 6.07) is 8.13. The van der Waals surface area contributed by atoms with E-state index in [1.54, 1.807) is 0 Å². The second kappa shape index (κ2) is 4.31. The molecule has 0 saturated heterocycles. The first-order valence-corrected chi connectivity index (χ1v) is 5.30. The molecule has 1 aromatic carbocycles. The topological polar surface area (TPSA) is 37.8 Å². The van der Waals surface area contributed by atoms with Crippen LogP contribution in [-0.4, -0.2) is 17.0 Å². The smallest absolute Gasteiger partial charge is 0.161 e. The predicted octanol–water partition coefficient (Wildman–Crippen LogP) is 2.80. The Kier molecular flexibility index (Phi) is 2.86. The lowest BCUT2D eigenvalue weighted by molar-refractivity contribution is 1.12. The fourth-order valence-electron chi connectivity index (χ4n) is 1.65. The maximum atomic E-state index is 4.50. The average molecular weight is 213 g/mol. The second-order valence-corrected chi connectivity index (χ2v) is 3.79. The number of aromatic nitrogens is 2. The van der Waals surface area contributed by atoms with E-state index in [1.807, 2.05) is 38.4 Å². The van der Waals surface area contributed by atoms with Gasteiger partial charge in [-0.1, -0.05) is 24.3 Å². The third-order valence-corrected chi connectivity index (χ3v) is 2.59. The molecule has 3 nitrogen and oxygen atoms in total. The van der Waals surface area contributed by atoms with Gasteiger partial charge in [0.05, 0.1) is 0 Å². The zero-order valence-electron chi connectivity index (χ0n) is 9.78. The lowest BCUT2D eigenvalue weighted by atomic mass is 10.1. The Morgan fingerprint density at radius 1 is 1.06 bits per heavy atom. The molecule has 1 heterocycles. The highest BCUT2D eigenvalue weighted by atomic mass is 15.0. The summed E-state index contributed by atoms with van der Waals surface area (Å²) in [6.45, 7) is 4.06. The van der Waals surface area contributed by atoms with E-state index in [2.05, 4.69) is 28.3 Å². The summed E-state index contributed by atoms with van der Waals surface area (Å²) in [4.78, 5) is 8.87. The highest BCUT2D eigenvalue weighted by Crippen LogP contribution is 2.21. The van der Waals surface area contributed by atoms with Crippen molar-refractivity contribution >= 4 is 5.82 Å². The van der Waals surface area contributed by atoms with Gasteiger partial charge < -0.3 is 5.32 Å². The normalized spacial score (nSPS) is 10.2. The number of rotatable bonds is 2. The first kappa shape index (κ1) is 10.6. The van der Waals surface area contributed by atoms with Gasteiger partial charge in [0.2, 0.25) is 0 Å². The highest BCUT2D eigenvalue weighted by molar-refractivity contribution is 5.61. The SMILES string of the molecule is CNc1nc(-c2ccccc2C)ncc1C. The minimum Gasteiger partial charge on any atom is -0.373 e. The van der Waals surface area contributed by atoms with E-state index < -0.39 is 0 Å². The van der Waals surface area contributed by atoms with Crippen molar-refractivity contribution in [2.45, 2.75) is 13.8 Å². The molecule has 0 saturated carbocycles. The first-order valence-electron chi connectivity index (χ1n) is 5.30. The lowest BCUT2D eigenvalue weighted by Crippen LogP contribution is -1.99. The van der Waals surface area contributed by atoms with Crippen molar-refractivity contribution in [2.75, 3.05) is 12.4 Å². The fourth-order valence-corrected chi connectivity index (χ4v) is 1.65. The Balaban J connectivity index is 2.53. The Labute approximate surface area is 95.6 Å². The molecule has 0 aliphatic heterocycles. The number of hydrogen-bond acceptors (Lipinski definition) is 3. The average Bonchev–Trinajstić information content (AvgIpc) is 2.31. The van der Waals surface area contributed by atoms with Crippen LogP contribution >= 0.6 is 0 Å². The van der Waals surface area contributed by atoms with Gasteiger partial charge in [0.1, 0.15) is 5.82 Å². The maximum Gasteiger partial charge on any atom is 0.161 e. The molecule has 82 valence electrons. The van der Waals surface area contributed by atoms with Gasteiger partial charge in [0.15, 0.2) is 5.82 Å². The monoisotopic (exact) mass is 213 g/mol. The molecule has 0 spiro atoms. The molecule has 16 heavy (non-hydrogen) atoms. The standard InChI is InChI=1S/C13H15N3/c1-9-6-4-5-7-11(9)13-15-8-10(2)12(14-3)16-13/h4-8H,1-3H3,(H,14,15,16). The van der Waals surface area contributed by atoms with Crippen molar-refractivity contribution in [1.29, 1.82) is 0 Å². The fraction of sp³-hybridized carbons (Fsp3) is 0.231. The second-order valence-electron chi connectivity index (χ2n) is 3.79. The van der Waals surface area contributed by atoms with Gasteiger partial charge in [-0.15, -0.1) is 0 Å². The third-order valence-electron chi connectivity index (χ3n) is 2.59. The van der Waals surface area contributed by atoms with E-state index in [9.17, 15) is 0 Å². The van der Waals surface area contributed by atoms with E-state index in [1.165, 1.54) is 5.56 Å². The van der Waals surface area contributed by atoms with Crippen LogP contribution in [0.5, 0.6) is 0 Å². The summed E-state index contributed by atoms with van der Waals surface area (Å²) in [5.74, 6) is 1.65. The molecule has 1 aromatic heterocycles. The van der Waals surface area contributed by atoms with E-state index in [0.717, 1.165) is 22.8 Å². The summed E-state index contributed by atoms with van der Waals surface area (Å²) in [6.07, 6.45) is 1.85. The zero-order chi connectivity index (χ0) is 11.5. The minimum atomic E-state index is 0.771. The molecule has 2 rings (SSSR count). The van der Waals surface area contributed by atoms with Gasteiger partial charge in [0, 0.05) is 24.4 Å². The Hall–Kier alpha value is -1.90. The number of anilines is 1. The van der Waals surface area contributed by atoms with Crippen LogP contribution in [0.3, 0.4) is 0 Å². The summed E-state index contributed by atoms with van der Waals surface area (Å²) in [5.41, 5.74) is 3.33. The van der Waals surface area contributed by atoms with Crippen LogP contribution in [0.2, 0.25) is 0 Å². The summed E-state index contributed by atoms with van der Waals surface area (Å²) in [7, 11) is 1.87. The van der Waals surface area contributed by atoms with Crippen molar-refractivity contribution in [3.05, 3.63) is 41.6 Å². The quantitative estimate of drug-likeness (QED) is 0.833. The molecule has 0 bridgehead atoms. The molecule has 0 amide bonds. The predicted molar refractivity (Wildman–Crippen MR) is 66.5 cm³/mol. The molecular weight excluding hydrogens is 198 g/mol. The zero-order valence-corrected chi connectivity index (χ0v) is 9.78. The van der Waals surface area contributed by atoms with Crippen molar-refractivity contribution in [3.63, 3.8) is 0 Å². The van der Waals surface area contributed by atoms with Crippen LogP contribution in [0, 0.1) is 13.8 Å². The minimum absolute atomic E-state index is 0.771. The number of nitrogens with zero attached hydrogens (tertiary/aromatic N) is 2. The van der Waals surface area contributed by atoms with Crippen molar-refractivity contribution in [2.24, 2.45) is 0 Å². The first-order chi connectivity index (χ1) is 7.72. The Bertz CT molecular complexity index is 506. The molecule has 0 atom stereocenters. The molecule has 0 aliphatic rings. The lowest BCUT2D eigenvalue weighted by Gasteiger charge is -2.08. The van der Waals surface area contributed by atoms with Gasteiger partial charge in [0.25, 0.3) is 0 Å². The third kappa shape index (κ3) is 1.89. The van der Waals surface area contributed by atoms with Gasteiger partial charge in [-0.05, 0) is 19.4 Å². The van der Waals surface area contributed by atoms with Crippen LogP contribution < -0.4 is 5.32 Å². The van der Waals surface area contributed by atoms with E-state index in [-0.39, 0.29) is 0 Å². The van der Waals surface area contributed by atoms with Crippen molar-refractivity contribution < 1.29 is 0 Å².